The molecule has 5 rings (SSSR count). The van der Waals surface area contributed by atoms with E-state index in [1.165, 1.54) is 11.0 Å². The Labute approximate surface area is 164 Å². The highest BCUT2D eigenvalue weighted by Crippen LogP contribution is 2.29. The molecule has 4 heterocycles. The van der Waals surface area contributed by atoms with E-state index in [9.17, 15) is 9.18 Å². The lowest BCUT2D eigenvalue weighted by molar-refractivity contribution is 0.129. The molecule has 9 nitrogen and oxygen atoms in total. The van der Waals surface area contributed by atoms with Crippen LogP contribution in [-0.2, 0) is 11.3 Å². The molecule has 3 aromatic heterocycles. The Morgan fingerprint density at radius 1 is 1.28 bits per heavy atom. The van der Waals surface area contributed by atoms with E-state index in [0.29, 0.717) is 41.4 Å². The van der Waals surface area contributed by atoms with Gasteiger partial charge >= 0.3 is 6.09 Å². The number of cyclic esters (lactones) is 1. The number of pyridine rings is 1. The van der Waals surface area contributed by atoms with E-state index in [4.69, 9.17) is 4.74 Å². The van der Waals surface area contributed by atoms with E-state index in [2.05, 4.69) is 20.4 Å². The van der Waals surface area contributed by atoms with Gasteiger partial charge in [0.05, 0.1) is 25.0 Å². The van der Waals surface area contributed by atoms with E-state index >= 15 is 0 Å². The lowest BCUT2D eigenvalue weighted by Gasteiger charge is -2.14. The van der Waals surface area contributed by atoms with Crippen LogP contribution in [0.25, 0.3) is 16.8 Å². The average Bonchev–Trinajstić information content (AvgIpc) is 3.41. The summed E-state index contributed by atoms with van der Waals surface area (Å²) >= 11 is 0. The molecule has 0 aliphatic carbocycles. The Bertz CT molecular complexity index is 1200. The molecular formula is C19H16FN7O2. The fourth-order valence-electron chi connectivity index (χ4n) is 3.43. The van der Waals surface area contributed by atoms with Gasteiger partial charge in [0, 0.05) is 23.5 Å². The zero-order valence-electron chi connectivity index (χ0n) is 15.4. The summed E-state index contributed by atoms with van der Waals surface area (Å²) in [5.74, 6) is 0.206. The van der Waals surface area contributed by atoms with Crippen LogP contribution in [0, 0.1) is 12.7 Å². The van der Waals surface area contributed by atoms with Gasteiger partial charge in [0.25, 0.3) is 0 Å². The maximum atomic E-state index is 14.9. The lowest BCUT2D eigenvalue weighted by Crippen LogP contribution is -2.26. The van der Waals surface area contributed by atoms with Crippen molar-refractivity contribution < 1.29 is 13.9 Å². The summed E-state index contributed by atoms with van der Waals surface area (Å²) in [4.78, 5) is 17.9. The number of carbonyl (C=O) groups excluding carboxylic acids is 1. The zero-order valence-corrected chi connectivity index (χ0v) is 15.4. The van der Waals surface area contributed by atoms with Gasteiger partial charge in [-0.1, -0.05) is 5.21 Å². The standard InChI is InChI=1S/C19H16FN7O2/c1-12-22-18-5-2-13(9-27(18)23-12)16-4-3-14(8-17(16)20)26-11-15(29-19(26)28)10-25-7-6-21-24-25/h2-9,15H,10-11H2,1H3/t15-/m0/s1. The highest BCUT2D eigenvalue weighted by molar-refractivity contribution is 5.90. The van der Waals surface area contributed by atoms with Gasteiger partial charge in [-0.25, -0.2) is 23.4 Å². The second-order valence-electron chi connectivity index (χ2n) is 6.79. The molecule has 1 aliphatic rings. The molecule has 4 aromatic rings. The molecule has 0 N–H and O–H groups in total. The first-order valence-electron chi connectivity index (χ1n) is 9.02. The second-order valence-corrected chi connectivity index (χ2v) is 6.79. The van der Waals surface area contributed by atoms with Crippen LogP contribution in [0.1, 0.15) is 5.82 Å². The molecule has 146 valence electrons. The summed E-state index contributed by atoms with van der Waals surface area (Å²) in [6.07, 6.45) is 4.08. The van der Waals surface area contributed by atoms with Crippen molar-refractivity contribution in [2.75, 3.05) is 11.4 Å². The number of rotatable bonds is 4. The molecule has 1 aromatic carbocycles. The van der Waals surface area contributed by atoms with E-state index < -0.39 is 11.9 Å². The monoisotopic (exact) mass is 393 g/mol. The number of carbonyl (C=O) groups is 1. The topological polar surface area (TPSA) is 90.4 Å². The highest BCUT2D eigenvalue weighted by atomic mass is 19.1. The number of nitrogens with zero attached hydrogens (tertiary/aromatic N) is 7. The Morgan fingerprint density at radius 2 is 2.17 bits per heavy atom. The third kappa shape index (κ3) is 3.18. The summed E-state index contributed by atoms with van der Waals surface area (Å²) < 4.78 is 23.4. The summed E-state index contributed by atoms with van der Waals surface area (Å²) in [6.45, 7) is 2.50. The second kappa shape index (κ2) is 6.66. The number of ether oxygens (including phenoxy) is 1. The minimum absolute atomic E-state index is 0.307. The van der Waals surface area contributed by atoms with Crippen LogP contribution in [0.5, 0.6) is 0 Å². The summed E-state index contributed by atoms with van der Waals surface area (Å²) in [7, 11) is 0. The van der Waals surface area contributed by atoms with Crippen molar-refractivity contribution in [3.8, 4) is 11.1 Å². The maximum Gasteiger partial charge on any atom is 0.414 e. The molecular weight excluding hydrogens is 377 g/mol. The first-order valence-corrected chi connectivity index (χ1v) is 9.02. The molecule has 0 spiro atoms. The average molecular weight is 393 g/mol. The minimum Gasteiger partial charge on any atom is -0.442 e. The number of aromatic nitrogens is 6. The van der Waals surface area contributed by atoms with Crippen molar-refractivity contribution in [2.24, 2.45) is 0 Å². The van der Waals surface area contributed by atoms with Crippen molar-refractivity contribution in [2.45, 2.75) is 19.6 Å². The van der Waals surface area contributed by atoms with Crippen molar-refractivity contribution in [3.63, 3.8) is 0 Å². The largest absolute Gasteiger partial charge is 0.442 e. The number of benzene rings is 1. The molecule has 0 radical (unpaired) electrons. The summed E-state index contributed by atoms with van der Waals surface area (Å²) in [6, 6.07) is 8.27. The van der Waals surface area contributed by atoms with Gasteiger partial charge in [-0.15, -0.1) is 5.10 Å². The van der Waals surface area contributed by atoms with Crippen LogP contribution in [0.4, 0.5) is 14.9 Å². The van der Waals surface area contributed by atoms with Crippen LogP contribution in [-0.4, -0.2) is 48.3 Å². The van der Waals surface area contributed by atoms with Gasteiger partial charge < -0.3 is 4.74 Å². The molecule has 0 unspecified atom stereocenters. The highest BCUT2D eigenvalue weighted by Gasteiger charge is 2.33. The van der Waals surface area contributed by atoms with Crippen LogP contribution in [0.2, 0.25) is 0 Å². The predicted molar refractivity (Wildman–Crippen MR) is 101 cm³/mol. The van der Waals surface area contributed by atoms with Gasteiger partial charge in [0.1, 0.15) is 17.7 Å². The number of aryl methyl sites for hydroxylation is 1. The number of hydrogen-bond acceptors (Lipinski definition) is 6. The van der Waals surface area contributed by atoms with Gasteiger partial charge in [0.2, 0.25) is 0 Å². The molecule has 10 heteroatoms. The summed E-state index contributed by atoms with van der Waals surface area (Å²) in [5, 5.41) is 11.9. The quantitative estimate of drug-likeness (QED) is 0.529. The first-order chi connectivity index (χ1) is 14.1. The fraction of sp³-hybridized carbons (Fsp3) is 0.211. The van der Waals surface area contributed by atoms with Gasteiger partial charge in [-0.2, -0.15) is 5.10 Å². The van der Waals surface area contributed by atoms with E-state index in [0.717, 1.165) is 0 Å². The number of fused-ring (bicyclic) bond motifs is 1. The zero-order chi connectivity index (χ0) is 20.0. The third-order valence-electron chi connectivity index (χ3n) is 4.75. The number of anilines is 1. The Balaban J connectivity index is 1.39. The summed E-state index contributed by atoms with van der Waals surface area (Å²) in [5.41, 5.74) is 2.21. The lowest BCUT2D eigenvalue weighted by atomic mass is 10.1. The van der Waals surface area contributed by atoms with E-state index in [-0.39, 0.29) is 6.10 Å². The number of amides is 1. The van der Waals surface area contributed by atoms with Crippen molar-refractivity contribution in [1.29, 1.82) is 0 Å². The SMILES string of the molecule is Cc1nc2ccc(-c3ccc(N4C[C@H](Cn5ccnn5)OC4=O)cc3F)cn2n1. The molecule has 1 atom stereocenters. The van der Waals surface area contributed by atoms with E-state index in [1.54, 1.807) is 59.0 Å². The van der Waals surface area contributed by atoms with Crippen LogP contribution >= 0.6 is 0 Å². The normalized spacial score (nSPS) is 16.6. The molecule has 1 aliphatic heterocycles. The smallest absolute Gasteiger partial charge is 0.414 e. The third-order valence-corrected chi connectivity index (χ3v) is 4.75. The van der Waals surface area contributed by atoms with E-state index in [1.807, 2.05) is 0 Å². The predicted octanol–water partition coefficient (Wildman–Crippen LogP) is 2.46. The fourth-order valence-corrected chi connectivity index (χ4v) is 3.43. The molecule has 1 saturated heterocycles. The molecule has 1 fully saturated rings. The number of hydrogen-bond donors (Lipinski definition) is 0. The van der Waals surface area contributed by atoms with Crippen molar-refractivity contribution in [1.82, 2.24) is 29.6 Å². The van der Waals surface area contributed by atoms with Crippen molar-refractivity contribution >= 4 is 17.4 Å². The van der Waals surface area contributed by atoms with Crippen LogP contribution in [0.3, 0.4) is 0 Å². The number of halogens is 1. The van der Waals surface area contributed by atoms with Gasteiger partial charge in [0.15, 0.2) is 5.65 Å². The molecule has 1 amide bonds. The molecule has 29 heavy (non-hydrogen) atoms. The maximum absolute atomic E-state index is 14.9. The Kier molecular flexibility index (Phi) is 3.97. The van der Waals surface area contributed by atoms with Gasteiger partial charge in [-0.3, -0.25) is 4.90 Å². The Morgan fingerprint density at radius 3 is 2.97 bits per heavy atom. The first kappa shape index (κ1) is 17.3. The van der Waals surface area contributed by atoms with Crippen LogP contribution in [0.15, 0.2) is 48.9 Å². The molecule has 0 bridgehead atoms. The minimum atomic E-state index is -0.512. The Hall–Kier alpha value is -3.82. The van der Waals surface area contributed by atoms with Crippen molar-refractivity contribution in [3.05, 3.63) is 60.6 Å². The van der Waals surface area contributed by atoms with Crippen LogP contribution < -0.4 is 4.90 Å². The molecule has 0 saturated carbocycles. The van der Waals surface area contributed by atoms with Gasteiger partial charge in [-0.05, 0) is 37.3 Å².